The Morgan fingerprint density at radius 3 is 1.62 bits per heavy atom. The molecule has 0 aliphatic carbocycles. The minimum absolute atomic E-state index is 0.0816. The average molecular weight is 293 g/mol. The molecule has 1 fully saturated rings. The Kier molecular flexibility index (Phi) is 6.28. The molecule has 0 bridgehead atoms. The zero-order valence-electron chi connectivity index (χ0n) is 10.8. The van der Waals surface area contributed by atoms with Crippen LogP contribution in [0, 0.1) is 0 Å². The molecule has 0 unspecified atom stereocenters. The van der Waals surface area contributed by atoms with E-state index in [1.54, 1.807) is 0 Å². The van der Waals surface area contributed by atoms with E-state index in [4.69, 9.17) is 15.1 Å². The minimum atomic E-state index is -3.45. The molecule has 0 aromatic rings. The molecular weight excluding hydrogens is 269 g/mol. The van der Waals surface area contributed by atoms with Gasteiger partial charge in [-0.25, -0.2) is 0 Å². The van der Waals surface area contributed by atoms with Crippen LogP contribution >= 0.6 is 0 Å². The normalized spacial score (nSPS) is 22.1. The van der Waals surface area contributed by atoms with E-state index in [0.717, 1.165) is 19.3 Å². The third kappa shape index (κ3) is 5.14. The quantitative estimate of drug-likeness (QED) is 0.746. The Morgan fingerprint density at radius 2 is 1.25 bits per heavy atom. The van der Waals surface area contributed by atoms with Crippen molar-refractivity contribution in [2.24, 2.45) is 0 Å². The molecular formula is C11H24GeO4. The molecule has 1 heterocycles. The summed E-state index contributed by atoms with van der Waals surface area (Å²) in [5, 5.41) is 0. The summed E-state index contributed by atoms with van der Waals surface area (Å²) >= 11 is -3.45. The molecule has 0 atom stereocenters. The summed E-state index contributed by atoms with van der Waals surface area (Å²) in [6, 6.07) is 0. The third-order valence-electron chi connectivity index (χ3n) is 2.11. The first-order valence-electron chi connectivity index (χ1n) is 6.17. The second-order valence-electron chi connectivity index (χ2n) is 4.59. The van der Waals surface area contributed by atoms with Crippen molar-refractivity contribution >= 4 is 14.6 Å². The summed E-state index contributed by atoms with van der Waals surface area (Å²) in [6.45, 7) is 9.34. The van der Waals surface area contributed by atoms with Crippen molar-refractivity contribution in [3.63, 3.8) is 0 Å². The topological polar surface area (TPSA) is 36.9 Å². The summed E-state index contributed by atoms with van der Waals surface area (Å²) < 4.78 is 23.3. The molecule has 0 amide bonds. The molecule has 16 heavy (non-hydrogen) atoms. The number of hydrogen-bond acceptors (Lipinski definition) is 4. The number of hydrogen-bond donors (Lipinski definition) is 0. The van der Waals surface area contributed by atoms with Gasteiger partial charge in [-0.3, -0.25) is 0 Å². The van der Waals surface area contributed by atoms with E-state index in [2.05, 4.69) is 0 Å². The van der Waals surface area contributed by atoms with Crippen LogP contribution in [0.25, 0.3) is 0 Å². The van der Waals surface area contributed by atoms with Crippen molar-refractivity contribution in [1.82, 2.24) is 0 Å². The van der Waals surface area contributed by atoms with Crippen LogP contribution in [-0.4, -0.2) is 40.0 Å². The Bertz CT molecular complexity index is 176. The molecule has 96 valence electrons. The van der Waals surface area contributed by atoms with Gasteiger partial charge in [0.05, 0.1) is 0 Å². The average Bonchev–Trinajstić information content (AvgIpc) is 2.09. The first kappa shape index (κ1) is 14.4. The Morgan fingerprint density at radius 1 is 0.812 bits per heavy atom. The molecule has 5 heteroatoms. The van der Waals surface area contributed by atoms with Crippen LogP contribution in [0.2, 0.25) is 0 Å². The van der Waals surface area contributed by atoms with E-state index < -0.39 is 14.6 Å². The zero-order chi connectivity index (χ0) is 12.0. The van der Waals surface area contributed by atoms with Crippen molar-refractivity contribution < 1.29 is 15.1 Å². The van der Waals surface area contributed by atoms with Crippen molar-refractivity contribution in [3.8, 4) is 0 Å². The summed E-state index contributed by atoms with van der Waals surface area (Å²) in [6.07, 6.45) is 3.46. The van der Waals surface area contributed by atoms with Gasteiger partial charge < -0.3 is 0 Å². The summed E-state index contributed by atoms with van der Waals surface area (Å²) in [5.41, 5.74) is 0. The van der Waals surface area contributed by atoms with E-state index in [9.17, 15) is 0 Å². The molecule has 0 aromatic heterocycles. The van der Waals surface area contributed by atoms with Crippen LogP contribution in [-0.2, 0) is 15.1 Å². The Labute approximate surface area is 102 Å². The van der Waals surface area contributed by atoms with Gasteiger partial charge in [0, 0.05) is 0 Å². The van der Waals surface area contributed by atoms with Crippen molar-refractivity contribution in [1.29, 1.82) is 0 Å². The molecule has 1 rings (SSSR count). The maximum absolute atomic E-state index is 5.85. The van der Waals surface area contributed by atoms with Gasteiger partial charge in [-0.2, -0.15) is 0 Å². The first-order chi connectivity index (χ1) is 7.54. The van der Waals surface area contributed by atoms with Gasteiger partial charge in [-0.05, 0) is 0 Å². The predicted octanol–water partition coefficient (Wildman–Crippen LogP) is 2.49. The zero-order valence-corrected chi connectivity index (χ0v) is 12.9. The van der Waals surface area contributed by atoms with Gasteiger partial charge in [-0.15, -0.1) is 0 Å². The molecule has 0 aromatic carbocycles. The molecule has 0 saturated carbocycles. The van der Waals surface area contributed by atoms with Gasteiger partial charge in [0.15, 0.2) is 0 Å². The molecule has 0 N–H and O–H groups in total. The van der Waals surface area contributed by atoms with E-state index >= 15 is 0 Å². The number of rotatable bonds is 4. The fraction of sp³-hybridized carbons (Fsp3) is 1.00. The first-order valence-corrected chi connectivity index (χ1v) is 9.60. The summed E-state index contributed by atoms with van der Waals surface area (Å²) in [5.74, 6) is 0. The summed E-state index contributed by atoms with van der Waals surface area (Å²) in [4.78, 5) is 0. The Balaban J connectivity index is 2.64. The predicted molar refractivity (Wildman–Crippen MR) is 64.0 cm³/mol. The maximum atomic E-state index is 5.85. The molecule has 1 aliphatic rings. The van der Waals surface area contributed by atoms with Gasteiger partial charge in [0.25, 0.3) is 0 Å². The van der Waals surface area contributed by atoms with Crippen LogP contribution in [0.1, 0.15) is 47.0 Å². The SMILES string of the molecule is CC(C)[O][Ge]1([O]C(C)C)[O]CCCCC[O]1. The van der Waals surface area contributed by atoms with Gasteiger partial charge >= 0.3 is 102 Å². The van der Waals surface area contributed by atoms with Crippen LogP contribution in [0.5, 0.6) is 0 Å². The van der Waals surface area contributed by atoms with Gasteiger partial charge in [0.2, 0.25) is 0 Å². The monoisotopic (exact) mass is 294 g/mol. The van der Waals surface area contributed by atoms with E-state index in [1.165, 1.54) is 0 Å². The Hall–Kier alpha value is 0.383. The second-order valence-corrected chi connectivity index (χ2v) is 8.89. The van der Waals surface area contributed by atoms with Crippen LogP contribution in [0.15, 0.2) is 0 Å². The fourth-order valence-corrected chi connectivity index (χ4v) is 6.50. The summed E-state index contributed by atoms with van der Waals surface area (Å²) in [7, 11) is 0. The third-order valence-corrected chi connectivity index (χ3v) is 7.64. The fourth-order valence-electron chi connectivity index (χ4n) is 1.56. The molecule has 4 nitrogen and oxygen atoms in total. The molecule has 1 aliphatic heterocycles. The molecule has 0 radical (unpaired) electrons. The molecule has 0 spiro atoms. The second kappa shape index (κ2) is 6.96. The van der Waals surface area contributed by atoms with E-state index in [1.807, 2.05) is 27.7 Å². The van der Waals surface area contributed by atoms with Crippen LogP contribution in [0.3, 0.4) is 0 Å². The molecule has 1 saturated heterocycles. The van der Waals surface area contributed by atoms with E-state index in [-0.39, 0.29) is 12.2 Å². The van der Waals surface area contributed by atoms with Crippen LogP contribution in [0.4, 0.5) is 0 Å². The standard InChI is InChI=1S/C11H24GeO4/c1-10(2)15-12(16-11(3)4)13-8-6-5-7-9-14-12/h10-11H,5-9H2,1-4H3. The van der Waals surface area contributed by atoms with Crippen molar-refractivity contribution in [2.75, 3.05) is 13.2 Å². The van der Waals surface area contributed by atoms with Crippen LogP contribution < -0.4 is 0 Å². The van der Waals surface area contributed by atoms with Gasteiger partial charge in [0.1, 0.15) is 0 Å². The van der Waals surface area contributed by atoms with E-state index in [0.29, 0.717) is 13.2 Å². The van der Waals surface area contributed by atoms with Crippen molar-refractivity contribution in [2.45, 2.75) is 59.2 Å². The van der Waals surface area contributed by atoms with Crippen molar-refractivity contribution in [3.05, 3.63) is 0 Å². The van der Waals surface area contributed by atoms with Gasteiger partial charge in [-0.1, -0.05) is 0 Å².